The first-order valence-corrected chi connectivity index (χ1v) is 12.8. The van der Waals surface area contributed by atoms with Crippen LogP contribution in [0.5, 0.6) is 11.5 Å². The quantitative estimate of drug-likeness (QED) is 0.431. The first kappa shape index (κ1) is 26.0. The van der Waals surface area contributed by atoms with Gasteiger partial charge < -0.3 is 30.1 Å². The van der Waals surface area contributed by atoms with Crippen LogP contribution in [0.2, 0.25) is 0 Å². The van der Waals surface area contributed by atoms with Crippen molar-refractivity contribution in [3.63, 3.8) is 0 Å². The lowest BCUT2D eigenvalue weighted by atomic mass is 9.69. The van der Waals surface area contributed by atoms with E-state index in [-0.39, 0.29) is 18.5 Å². The number of hydrogen-bond acceptors (Lipinski definition) is 5. The number of unbranched alkanes of at least 4 members (excludes halogenated alkanes) is 1. The summed E-state index contributed by atoms with van der Waals surface area (Å²) >= 11 is 0. The minimum atomic E-state index is -0.989. The molecule has 36 heavy (non-hydrogen) atoms. The molecular weight excluding hydrogens is 458 g/mol. The van der Waals surface area contributed by atoms with E-state index >= 15 is 0 Å². The van der Waals surface area contributed by atoms with E-state index in [1.165, 1.54) is 4.90 Å². The first-order valence-electron chi connectivity index (χ1n) is 12.8. The third kappa shape index (κ3) is 5.50. The van der Waals surface area contributed by atoms with Crippen LogP contribution in [0, 0.1) is 5.92 Å². The summed E-state index contributed by atoms with van der Waals surface area (Å²) in [6, 6.07) is 16.0. The smallest absolute Gasteiger partial charge is 0.407 e. The van der Waals surface area contributed by atoms with Crippen molar-refractivity contribution in [1.82, 2.24) is 15.5 Å². The van der Waals surface area contributed by atoms with Gasteiger partial charge in [-0.15, -0.1) is 0 Å². The summed E-state index contributed by atoms with van der Waals surface area (Å²) in [6.07, 6.45) is 2.28. The molecule has 0 saturated carbocycles. The van der Waals surface area contributed by atoms with Gasteiger partial charge >= 0.3 is 6.09 Å². The fourth-order valence-corrected chi connectivity index (χ4v) is 5.65. The molecule has 0 aromatic heterocycles. The Morgan fingerprint density at radius 1 is 1.08 bits per heavy atom. The molecule has 2 aliphatic rings. The van der Waals surface area contributed by atoms with Gasteiger partial charge in [-0.05, 0) is 44.4 Å². The van der Waals surface area contributed by atoms with E-state index in [1.807, 2.05) is 43.3 Å². The lowest BCUT2D eigenvalue weighted by Gasteiger charge is -2.41. The summed E-state index contributed by atoms with van der Waals surface area (Å²) in [5.74, 6) is 1.09. The number of carbonyl (C=O) groups excluding carboxylic acids is 1. The summed E-state index contributed by atoms with van der Waals surface area (Å²) in [6.45, 7) is 4.41. The van der Waals surface area contributed by atoms with Gasteiger partial charge in [-0.1, -0.05) is 43.3 Å². The largest absolute Gasteiger partial charge is 0.465 e. The first-order chi connectivity index (χ1) is 17.5. The molecule has 1 fully saturated rings. The van der Waals surface area contributed by atoms with E-state index in [4.69, 9.17) is 9.47 Å². The maximum atomic E-state index is 13.5. The van der Waals surface area contributed by atoms with Crippen LogP contribution in [0.3, 0.4) is 0 Å². The van der Waals surface area contributed by atoms with Gasteiger partial charge in [-0.3, -0.25) is 4.79 Å². The second kappa shape index (κ2) is 11.8. The van der Waals surface area contributed by atoms with Crippen molar-refractivity contribution >= 4 is 12.0 Å². The number of carboxylic acid groups (broad SMARTS) is 1. The molecule has 0 bridgehead atoms. The molecule has 2 aliphatic heterocycles. The second-order valence-corrected chi connectivity index (χ2v) is 9.72. The standard InChI is InChI=1S/C28H37N3O5/c1-3-29-21-16-20(17-31(18-21)27(33)34)26(32)30-19-28(14-8-9-15-35-2)22-10-4-6-12-24(22)36-25-13-7-5-11-23(25)28/h4-7,10-13,20-21,29H,3,8-9,14-19H2,1-2H3,(H,30,32)(H,33,34)/t20-,21+/m0/s1. The van der Waals surface area contributed by atoms with E-state index in [2.05, 4.69) is 22.8 Å². The van der Waals surface area contributed by atoms with Crippen molar-refractivity contribution in [2.45, 2.75) is 44.1 Å². The molecule has 3 N–H and O–H groups in total. The minimum Gasteiger partial charge on any atom is -0.465 e. The fourth-order valence-electron chi connectivity index (χ4n) is 5.65. The summed E-state index contributed by atoms with van der Waals surface area (Å²) < 4.78 is 11.5. The molecule has 0 aliphatic carbocycles. The third-order valence-corrected chi connectivity index (χ3v) is 7.38. The Balaban J connectivity index is 1.61. The van der Waals surface area contributed by atoms with Crippen LogP contribution in [0.15, 0.2) is 48.5 Å². The van der Waals surface area contributed by atoms with E-state index in [0.717, 1.165) is 48.4 Å². The zero-order valence-corrected chi connectivity index (χ0v) is 21.2. The molecule has 2 aromatic rings. The number of methoxy groups -OCH3 is 1. The lowest BCUT2D eigenvalue weighted by Crippen LogP contribution is -2.55. The van der Waals surface area contributed by atoms with Crippen LogP contribution in [0.4, 0.5) is 4.79 Å². The molecule has 0 unspecified atom stereocenters. The highest BCUT2D eigenvalue weighted by Crippen LogP contribution is 2.50. The molecule has 4 rings (SSSR count). The number of likely N-dealkylation sites (tertiary alicyclic amines) is 1. The van der Waals surface area contributed by atoms with Crippen LogP contribution >= 0.6 is 0 Å². The number of ether oxygens (including phenoxy) is 2. The Morgan fingerprint density at radius 3 is 2.36 bits per heavy atom. The minimum absolute atomic E-state index is 0.0388. The number of benzene rings is 2. The molecule has 0 spiro atoms. The Bertz CT molecular complexity index is 1010. The molecule has 8 nitrogen and oxygen atoms in total. The fraction of sp³-hybridized carbons (Fsp3) is 0.500. The molecule has 0 radical (unpaired) electrons. The van der Waals surface area contributed by atoms with Crippen molar-refractivity contribution in [3.8, 4) is 11.5 Å². The number of nitrogens with one attached hydrogen (secondary N) is 2. The number of likely N-dealkylation sites (N-methyl/N-ethyl adjacent to an activating group) is 1. The average Bonchev–Trinajstić information content (AvgIpc) is 2.89. The summed E-state index contributed by atoms with van der Waals surface area (Å²) in [5, 5.41) is 16.2. The van der Waals surface area contributed by atoms with Crippen molar-refractivity contribution in [2.75, 3.05) is 39.9 Å². The maximum Gasteiger partial charge on any atom is 0.407 e. The third-order valence-electron chi connectivity index (χ3n) is 7.38. The number of piperidine rings is 1. The Hall–Kier alpha value is -3.10. The van der Waals surface area contributed by atoms with Gasteiger partial charge in [-0.2, -0.15) is 0 Å². The van der Waals surface area contributed by atoms with Gasteiger partial charge in [0, 0.05) is 55.9 Å². The molecule has 2 heterocycles. The van der Waals surface area contributed by atoms with E-state index in [0.29, 0.717) is 26.1 Å². The highest BCUT2D eigenvalue weighted by atomic mass is 16.5. The van der Waals surface area contributed by atoms with Crippen LogP contribution in [-0.4, -0.2) is 67.9 Å². The number of fused-ring (bicyclic) bond motifs is 2. The summed E-state index contributed by atoms with van der Waals surface area (Å²) in [4.78, 5) is 26.6. The zero-order valence-electron chi connectivity index (χ0n) is 21.2. The summed E-state index contributed by atoms with van der Waals surface area (Å²) in [5.41, 5.74) is 1.65. The van der Waals surface area contributed by atoms with E-state index in [1.54, 1.807) is 7.11 Å². The van der Waals surface area contributed by atoms with Gasteiger partial charge in [0.1, 0.15) is 11.5 Å². The van der Waals surface area contributed by atoms with Crippen molar-refractivity contribution in [2.24, 2.45) is 5.92 Å². The van der Waals surface area contributed by atoms with Crippen molar-refractivity contribution in [1.29, 1.82) is 0 Å². The Kier molecular flexibility index (Phi) is 8.48. The predicted octanol–water partition coefficient (Wildman–Crippen LogP) is 3.99. The topological polar surface area (TPSA) is 100 Å². The van der Waals surface area contributed by atoms with Gasteiger partial charge in [0.25, 0.3) is 0 Å². The van der Waals surface area contributed by atoms with Gasteiger partial charge in [0.05, 0.1) is 5.92 Å². The zero-order chi connectivity index (χ0) is 25.5. The van der Waals surface area contributed by atoms with Crippen LogP contribution in [-0.2, 0) is 14.9 Å². The van der Waals surface area contributed by atoms with Crippen LogP contribution in [0.1, 0.15) is 43.7 Å². The average molecular weight is 496 g/mol. The molecule has 2 aromatic carbocycles. The molecule has 1 saturated heterocycles. The number of carbonyl (C=O) groups is 2. The SMILES string of the molecule is CCN[C@@H]1C[C@H](C(=O)NCC2(CCCCOC)c3ccccc3Oc3ccccc32)CN(C(=O)O)C1. The van der Waals surface area contributed by atoms with E-state index < -0.39 is 17.4 Å². The predicted molar refractivity (Wildman–Crippen MR) is 138 cm³/mol. The molecule has 2 amide bonds. The Labute approximate surface area is 213 Å². The lowest BCUT2D eigenvalue weighted by molar-refractivity contribution is -0.127. The van der Waals surface area contributed by atoms with Crippen LogP contribution < -0.4 is 15.4 Å². The Morgan fingerprint density at radius 2 is 1.75 bits per heavy atom. The highest BCUT2D eigenvalue weighted by Gasteiger charge is 2.42. The maximum absolute atomic E-state index is 13.5. The monoisotopic (exact) mass is 495 g/mol. The number of hydrogen-bond donors (Lipinski definition) is 3. The number of rotatable bonds is 10. The number of para-hydroxylation sites is 2. The molecule has 2 atom stereocenters. The molecule has 194 valence electrons. The molecule has 8 heteroatoms. The van der Waals surface area contributed by atoms with Crippen molar-refractivity contribution in [3.05, 3.63) is 59.7 Å². The normalized spacial score (nSPS) is 20.1. The molecular formula is C28H37N3O5. The summed E-state index contributed by atoms with van der Waals surface area (Å²) in [7, 11) is 1.71. The van der Waals surface area contributed by atoms with E-state index in [9.17, 15) is 14.7 Å². The van der Waals surface area contributed by atoms with Crippen molar-refractivity contribution < 1.29 is 24.2 Å². The second-order valence-electron chi connectivity index (χ2n) is 9.72. The van der Waals surface area contributed by atoms with Gasteiger partial charge in [0.15, 0.2) is 0 Å². The number of nitrogens with zero attached hydrogens (tertiary/aromatic N) is 1. The van der Waals surface area contributed by atoms with Crippen LogP contribution in [0.25, 0.3) is 0 Å². The highest BCUT2D eigenvalue weighted by molar-refractivity contribution is 5.80. The number of amides is 2. The van der Waals surface area contributed by atoms with Gasteiger partial charge in [-0.25, -0.2) is 4.79 Å². The van der Waals surface area contributed by atoms with Gasteiger partial charge in [0.2, 0.25) is 5.91 Å².